The normalized spacial score (nSPS) is 16.6. The molecule has 1 N–H and O–H groups in total. The molecule has 10 heteroatoms. The summed E-state index contributed by atoms with van der Waals surface area (Å²) in [6.07, 6.45) is 3.59. The molecule has 1 aromatic carbocycles. The van der Waals surface area contributed by atoms with E-state index < -0.39 is 10.0 Å². The van der Waals surface area contributed by atoms with Crippen molar-refractivity contribution in [1.82, 2.24) is 14.1 Å². The number of benzene rings is 1. The van der Waals surface area contributed by atoms with E-state index in [4.69, 9.17) is 0 Å². The molecule has 4 rings (SSSR count). The molecule has 196 valence electrons. The lowest BCUT2D eigenvalue weighted by molar-refractivity contribution is 0.0772. The highest BCUT2D eigenvalue weighted by atomic mass is 32.2. The van der Waals surface area contributed by atoms with Crippen molar-refractivity contribution >= 4 is 38.2 Å². The van der Waals surface area contributed by atoms with Gasteiger partial charge in [0.15, 0.2) is 0 Å². The van der Waals surface area contributed by atoms with Gasteiger partial charge < -0.3 is 10.2 Å². The minimum Gasteiger partial charge on any atom is -0.339 e. The van der Waals surface area contributed by atoms with Gasteiger partial charge in [0.1, 0.15) is 5.00 Å². The van der Waals surface area contributed by atoms with Crippen molar-refractivity contribution in [3.05, 3.63) is 45.8 Å². The van der Waals surface area contributed by atoms with Crippen LogP contribution >= 0.6 is 11.3 Å². The predicted octanol–water partition coefficient (Wildman–Crippen LogP) is 4.04. The molecule has 2 amide bonds. The topological polar surface area (TPSA) is 90.0 Å². The summed E-state index contributed by atoms with van der Waals surface area (Å²) in [5, 5.41) is 3.56. The van der Waals surface area contributed by atoms with Crippen molar-refractivity contribution < 1.29 is 18.0 Å². The maximum Gasteiger partial charge on any atom is 0.257 e. The Morgan fingerprint density at radius 2 is 1.69 bits per heavy atom. The Morgan fingerprint density at radius 1 is 1.03 bits per heavy atom. The molecule has 0 radical (unpaired) electrons. The van der Waals surface area contributed by atoms with Crippen molar-refractivity contribution in [2.24, 2.45) is 0 Å². The summed E-state index contributed by atoms with van der Waals surface area (Å²) in [6.45, 7) is 11.0. The number of sulfonamides is 1. The van der Waals surface area contributed by atoms with E-state index in [0.29, 0.717) is 42.3 Å². The lowest BCUT2D eigenvalue weighted by Crippen LogP contribution is -2.34. The fraction of sp³-hybridized carbons (Fsp3) is 0.538. The Labute approximate surface area is 218 Å². The van der Waals surface area contributed by atoms with Crippen molar-refractivity contribution in [3.63, 3.8) is 0 Å². The average molecular weight is 533 g/mol. The maximum absolute atomic E-state index is 13.5. The van der Waals surface area contributed by atoms with Crippen molar-refractivity contribution in [3.8, 4) is 0 Å². The van der Waals surface area contributed by atoms with Gasteiger partial charge in [-0.1, -0.05) is 6.92 Å². The number of carbonyl (C=O) groups is 2. The van der Waals surface area contributed by atoms with Crippen molar-refractivity contribution in [2.45, 2.75) is 57.9 Å². The molecule has 3 heterocycles. The number of fused-ring (bicyclic) bond motifs is 1. The van der Waals surface area contributed by atoms with Crippen LogP contribution in [0, 0.1) is 0 Å². The number of hydrogen-bond acceptors (Lipinski definition) is 6. The number of rotatable bonds is 9. The van der Waals surface area contributed by atoms with Crippen molar-refractivity contribution in [2.75, 3.05) is 44.6 Å². The largest absolute Gasteiger partial charge is 0.339 e. The molecule has 0 spiro atoms. The van der Waals surface area contributed by atoms with E-state index in [9.17, 15) is 18.0 Å². The van der Waals surface area contributed by atoms with E-state index in [-0.39, 0.29) is 16.7 Å². The third kappa shape index (κ3) is 5.37. The summed E-state index contributed by atoms with van der Waals surface area (Å²) in [5.74, 6) is -0.401. The van der Waals surface area contributed by atoms with E-state index in [1.807, 2.05) is 13.8 Å². The molecule has 0 saturated carbocycles. The van der Waals surface area contributed by atoms with Gasteiger partial charge in [-0.05, 0) is 75.9 Å². The molecular formula is C26H36N4O4S2. The van der Waals surface area contributed by atoms with Gasteiger partial charge in [-0.3, -0.25) is 14.5 Å². The molecule has 8 nitrogen and oxygen atoms in total. The van der Waals surface area contributed by atoms with Crippen LogP contribution in [0.4, 0.5) is 5.00 Å². The Kier molecular flexibility index (Phi) is 8.49. The summed E-state index contributed by atoms with van der Waals surface area (Å²) < 4.78 is 27.1. The number of nitrogens with zero attached hydrogens (tertiary/aromatic N) is 3. The number of thiophene rings is 1. The van der Waals surface area contributed by atoms with Crippen LogP contribution in [0.3, 0.4) is 0 Å². The third-order valence-corrected chi connectivity index (χ3v) is 10.0. The highest BCUT2D eigenvalue weighted by Crippen LogP contribution is 2.38. The number of amides is 2. The first-order valence-corrected chi connectivity index (χ1v) is 15.1. The molecule has 2 aliphatic heterocycles. The molecule has 1 saturated heterocycles. The maximum atomic E-state index is 13.5. The Hall–Kier alpha value is -2.27. The Morgan fingerprint density at radius 3 is 2.31 bits per heavy atom. The molecule has 2 aromatic rings. The quantitative estimate of drug-likeness (QED) is 0.527. The number of hydrogen-bond donors (Lipinski definition) is 1. The minimum absolute atomic E-state index is 0.0520. The Bertz CT molecular complexity index is 1200. The molecule has 2 aliphatic rings. The lowest BCUT2D eigenvalue weighted by Gasteiger charge is -2.27. The second-order valence-corrected chi connectivity index (χ2v) is 12.3. The SMILES string of the molecule is CCCN1CCc2c(sc(NC(=O)c3ccc(S(=O)(=O)N4CCCC4)cc3)c2C(=O)N(CC)CC)C1. The van der Waals surface area contributed by atoms with E-state index in [0.717, 1.165) is 55.8 Å². The summed E-state index contributed by atoms with van der Waals surface area (Å²) in [6, 6.07) is 6.07. The van der Waals surface area contributed by atoms with Crippen LogP contribution in [-0.4, -0.2) is 73.6 Å². The van der Waals surface area contributed by atoms with Gasteiger partial charge in [0.25, 0.3) is 11.8 Å². The summed E-state index contributed by atoms with van der Waals surface area (Å²) >= 11 is 1.48. The van der Waals surface area contributed by atoms with Crippen LogP contribution in [0.15, 0.2) is 29.2 Å². The summed E-state index contributed by atoms with van der Waals surface area (Å²) in [5.41, 5.74) is 2.01. The standard InChI is InChI=1S/C26H36N4O4S2/c1-4-14-28-17-13-21-22(18-28)35-25(23(21)26(32)29(5-2)6-3)27-24(31)19-9-11-20(12-10-19)36(33,34)30-15-7-8-16-30/h9-12H,4-8,13-18H2,1-3H3,(H,27,31). The monoisotopic (exact) mass is 532 g/mol. The summed E-state index contributed by atoms with van der Waals surface area (Å²) in [7, 11) is -3.54. The highest BCUT2D eigenvalue weighted by molar-refractivity contribution is 7.89. The smallest absolute Gasteiger partial charge is 0.257 e. The second-order valence-electron chi connectivity index (χ2n) is 9.30. The first kappa shape index (κ1) is 26.8. The number of carbonyl (C=O) groups excluding carboxylic acids is 2. The average Bonchev–Trinajstić information content (AvgIpc) is 3.53. The zero-order valence-electron chi connectivity index (χ0n) is 21.4. The van der Waals surface area contributed by atoms with Gasteiger partial charge in [0, 0.05) is 49.7 Å². The first-order valence-electron chi connectivity index (χ1n) is 12.9. The number of anilines is 1. The van der Waals surface area contributed by atoms with E-state index in [1.54, 1.807) is 17.0 Å². The minimum atomic E-state index is -3.54. The molecule has 0 aliphatic carbocycles. The molecule has 36 heavy (non-hydrogen) atoms. The zero-order chi connectivity index (χ0) is 25.9. The van der Waals surface area contributed by atoms with Crippen LogP contribution in [0.2, 0.25) is 0 Å². The van der Waals surface area contributed by atoms with Gasteiger partial charge in [-0.25, -0.2) is 8.42 Å². The molecule has 0 bridgehead atoms. The Balaban J connectivity index is 1.59. The van der Waals surface area contributed by atoms with Crippen LogP contribution in [-0.2, 0) is 23.0 Å². The van der Waals surface area contributed by atoms with Gasteiger partial charge in [0.2, 0.25) is 10.0 Å². The predicted molar refractivity (Wildman–Crippen MR) is 143 cm³/mol. The van der Waals surface area contributed by atoms with Crippen LogP contribution < -0.4 is 5.32 Å². The molecule has 0 unspecified atom stereocenters. The fourth-order valence-corrected chi connectivity index (χ4v) is 7.77. The van der Waals surface area contributed by atoms with E-state index in [2.05, 4.69) is 17.1 Å². The highest BCUT2D eigenvalue weighted by Gasteiger charge is 2.31. The molecule has 1 aromatic heterocycles. The third-order valence-electron chi connectivity index (χ3n) is 6.99. The second kappa shape index (κ2) is 11.4. The lowest BCUT2D eigenvalue weighted by atomic mass is 10.0. The molecule has 1 fully saturated rings. The molecule has 0 atom stereocenters. The van der Waals surface area contributed by atoms with Crippen LogP contribution in [0.25, 0.3) is 0 Å². The van der Waals surface area contributed by atoms with E-state index >= 15 is 0 Å². The zero-order valence-corrected chi connectivity index (χ0v) is 23.0. The van der Waals surface area contributed by atoms with Gasteiger partial charge in [-0.15, -0.1) is 11.3 Å². The van der Waals surface area contributed by atoms with Crippen LogP contribution in [0.5, 0.6) is 0 Å². The fourth-order valence-electron chi connectivity index (χ4n) is 4.98. The number of nitrogens with one attached hydrogen (secondary N) is 1. The van der Waals surface area contributed by atoms with Crippen LogP contribution in [0.1, 0.15) is 71.2 Å². The van der Waals surface area contributed by atoms with Crippen molar-refractivity contribution in [1.29, 1.82) is 0 Å². The molecular weight excluding hydrogens is 496 g/mol. The van der Waals surface area contributed by atoms with Gasteiger partial charge in [0.05, 0.1) is 10.5 Å². The first-order chi connectivity index (χ1) is 17.3. The van der Waals surface area contributed by atoms with Gasteiger partial charge >= 0.3 is 0 Å². The van der Waals surface area contributed by atoms with Gasteiger partial charge in [-0.2, -0.15) is 4.31 Å². The summed E-state index contributed by atoms with van der Waals surface area (Å²) in [4.78, 5) is 32.2. The van der Waals surface area contributed by atoms with E-state index in [1.165, 1.54) is 27.8 Å².